The van der Waals surface area contributed by atoms with Gasteiger partial charge in [0.25, 0.3) is 5.91 Å². The van der Waals surface area contributed by atoms with Crippen molar-refractivity contribution in [3.8, 4) is 5.75 Å². The van der Waals surface area contributed by atoms with E-state index in [2.05, 4.69) is 19.2 Å². The van der Waals surface area contributed by atoms with E-state index in [0.717, 1.165) is 25.7 Å². The molecule has 7 heteroatoms. The van der Waals surface area contributed by atoms with E-state index >= 15 is 0 Å². The first-order valence-electron chi connectivity index (χ1n) is 10.5. The quantitative estimate of drug-likeness (QED) is 0.707. The monoisotopic (exact) mass is 430 g/mol. The maximum Gasteiger partial charge on any atom is 0.262 e. The van der Waals surface area contributed by atoms with E-state index < -0.39 is 10.0 Å². The Bertz CT molecular complexity index is 930. The summed E-state index contributed by atoms with van der Waals surface area (Å²) < 4.78 is 32.7. The molecule has 0 aliphatic carbocycles. The minimum absolute atomic E-state index is 0.149. The fraction of sp³-hybridized carbons (Fsp3) is 0.435. The zero-order valence-corrected chi connectivity index (χ0v) is 18.5. The van der Waals surface area contributed by atoms with Gasteiger partial charge < -0.3 is 10.1 Å². The van der Waals surface area contributed by atoms with Crippen LogP contribution in [0.1, 0.15) is 51.0 Å². The Morgan fingerprint density at radius 3 is 2.13 bits per heavy atom. The van der Waals surface area contributed by atoms with Crippen molar-refractivity contribution in [1.82, 2.24) is 4.31 Å². The van der Waals surface area contributed by atoms with Gasteiger partial charge in [-0.05, 0) is 60.7 Å². The minimum Gasteiger partial charge on any atom is -0.484 e. The van der Waals surface area contributed by atoms with Gasteiger partial charge in [0.05, 0.1) is 4.90 Å². The SMILES string of the molecule is CC(C)c1ccc(NC(=O)COc2ccc(S(=O)(=O)N3CCCCCC3)cc2)cc1. The molecule has 1 amide bonds. The van der Waals surface area contributed by atoms with Crippen molar-refractivity contribution < 1.29 is 17.9 Å². The van der Waals surface area contributed by atoms with E-state index in [4.69, 9.17) is 4.74 Å². The summed E-state index contributed by atoms with van der Waals surface area (Å²) in [5.41, 5.74) is 1.92. The standard InChI is InChI=1S/C23H30N2O4S/c1-18(2)19-7-9-20(10-8-19)24-23(26)17-29-21-11-13-22(14-12-21)30(27,28)25-15-5-3-4-6-16-25/h7-14,18H,3-6,15-17H2,1-2H3,(H,24,26). The Balaban J connectivity index is 1.54. The number of amides is 1. The van der Waals surface area contributed by atoms with Crippen LogP contribution in [0.5, 0.6) is 5.75 Å². The Kier molecular flexibility index (Phi) is 7.50. The molecule has 0 saturated carbocycles. The van der Waals surface area contributed by atoms with Gasteiger partial charge in [0.15, 0.2) is 6.61 Å². The van der Waals surface area contributed by atoms with Crippen LogP contribution in [0.4, 0.5) is 5.69 Å². The maximum atomic E-state index is 12.8. The van der Waals surface area contributed by atoms with Gasteiger partial charge in [-0.2, -0.15) is 4.31 Å². The van der Waals surface area contributed by atoms with Crippen LogP contribution in [0.3, 0.4) is 0 Å². The predicted molar refractivity (Wildman–Crippen MR) is 118 cm³/mol. The topological polar surface area (TPSA) is 75.7 Å². The highest BCUT2D eigenvalue weighted by Crippen LogP contribution is 2.22. The largest absolute Gasteiger partial charge is 0.484 e. The van der Waals surface area contributed by atoms with Crippen LogP contribution in [0.25, 0.3) is 0 Å². The summed E-state index contributed by atoms with van der Waals surface area (Å²) in [6, 6.07) is 14.0. The number of anilines is 1. The molecule has 2 aromatic carbocycles. The Hall–Kier alpha value is -2.38. The van der Waals surface area contributed by atoms with Crippen molar-refractivity contribution in [1.29, 1.82) is 0 Å². The molecule has 162 valence electrons. The first-order valence-corrected chi connectivity index (χ1v) is 11.9. The Morgan fingerprint density at radius 1 is 0.967 bits per heavy atom. The lowest BCUT2D eigenvalue weighted by atomic mass is 10.0. The lowest BCUT2D eigenvalue weighted by Crippen LogP contribution is -2.31. The average Bonchev–Trinajstić information content (AvgIpc) is 3.03. The first kappa shape index (κ1) is 22.3. The van der Waals surface area contributed by atoms with Gasteiger partial charge in [0.1, 0.15) is 5.75 Å². The number of carbonyl (C=O) groups excluding carboxylic acids is 1. The molecule has 1 aliphatic heterocycles. The molecular formula is C23H30N2O4S. The molecular weight excluding hydrogens is 400 g/mol. The van der Waals surface area contributed by atoms with Crippen molar-refractivity contribution in [2.75, 3.05) is 25.0 Å². The molecule has 0 bridgehead atoms. The summed E-state index contributed by atoms with van der Waals surface area (Å²) in [5, 5.41) is 2.80. The van der Waals surface area contributed by atoms with Crippen molar-refractivity contribution in [2.24, 2.45) is 0 Å². The number of benzene rings is 2. The van der Waals surface area contributed by atoms with E-state index in [-0.39, 0.29) is 17.4 Å². The summed E-state index contributed by atoms with van der Waals surface area (Å²) in [7, 11) is -3.49. The molecule has 0 unspecified atom stereocenters. The van der Waals surface area contributed by atoms with Crippen LogP contribution in [-0.4, -0.2) is 38.3 Å². The molecule has 0 spiro atoms. The van der Waals surface area contributed by atoms with Gasteiger partial charge in [0.2, 0.25) is 10.0 Å². The lowest BCUT2D eigenvalue weighted by molar-refractivity contribution is -0.118. The molecule has 6 nitrogen and oxygen atoms in total. The maximum absolute atomic E-state index is 12.8. The zero-order chi connectivity index (χ0) is 21.6. The van der Waals surface area contributed by atoms with Crippen molar-refractivity contribution in [2.45, 2.75) is 50.3 Å². The van der Waals surface area contributed by atoms with Crippen molar-refractivity contribution in [3.63, 3.8) is 0 Å². The first-order chi connectivity index (χ1) is 14.4. The molecule has 30 heavy (non-hydrogen) atoms. The number of rotatable bonds is 7. The third kappa shape index (κ3) is 5.83. The molecule has 0 radical (unpaired) electrons. The molecule has 1 N–H and O–H groups in total. The fourth-order valence-electron chi connectivity index (χ4n) is 3.44. The van der Waals surface area contributed by atoms with Crippen LogP contribution >= 0.6 is 0 Å². The number of nitrogens with zero attached hydrogens (tertiary/aromatic N) is 1. The second-order valence-corrected chi connectivity index (χ2v) is 9.84. The fourth-order valence-corrected chi connectivity index (χ4v) is 4.95. The number of hydrogen-bond acceptors (Lipinski definition) is 4. The van der Waals surface area contributed by atoms with E-state index in [1.165, 1.54) is 17.7 Å². The second kappa shape index (κ2) is 10.1. The molecule has 1 saturated heterocycles. The third-order valence-electron chi connectivity index (χ3n) is 5.26. The summed E-state index contributed by atoms with van der Waals surface area (Å²) in [6.07, 6.45) is 3.94. The summed E-state index contributed by atoms with van der Waals surface area (Å²) in [5.74, 6) is 0.618. The minimum atomic E-state index is -3.49. The molecule has 0 aromatic heterocycles. The van der Waals surface area contributed by atoms with Crippen LogP contribution in [0.15, 0.2) is 53.4 Å². The van der Waals surface area contributed by atoms with E-state index in [1.54, 1.807) is 16.4 Å². The third-order valence-corrected chi connectivity index (χ3v) is 7.17. The highest BCUT2D eigenvalue weighted by Gasteiger charge is 2.25. The number of nitrogens with one attached hydrogen (secondary N) is 1. The second-order valence-electron chi connectivity index (χ2n) is 7.90. The van der Waals surface area contributed by atoms with Crippen molar-refractivity contribution in [3.05, 3.63) is 54.1 Å². The van der Waals surface area contributed by atoms with Gasteiger partial charge in [-0.3, -0.25) is 4.79 Å². The molecule has 3 rings (SSSR count). The van der Waals surface area contributed by atoms with Gasteiger partial charge in [-0.1, -0.05) is 38.8 Å². The summed E-state index contributed by atoms with van der Waals surface area (Å²) >= 11 is 0. The van der Waals surface area contributed by atoms with Gasteiger partial charge in [-0.15, -0.1) is 0 Å². The normalized spacial score (nSPS) is 15.6. The zero-order valence-electron chi connectivity index (χ0n) is 17.6. The van der Waals surface area contributed by atoms with E-state index in [1.807, 2.05) is 24.3 Å². The van der Waals surface area contributed by atoms with Crippen LogP contribution < -0.4 is 10.1 Å². The van der Waals surface area contributed by atoms with E-state index in [9.17, 15) is 13.2 Å². The Labute approximate surface area is 179 Å². The van der Waals surface area contributed by atoms with E-state index in [0.29, 0.717) is 30.4 Å². The van der Waals surface area contributed by atoms with Crippen molar-refractivity contribution >= 4 is 21.6 Å². The molecule has 1 heterocycles. The van der Waals surface area contributed by atoms with Crippen LogP contribution in [0, 0.1) is 0 Å². The van der Waals surface area contributed by atoms with Crippen LogP contribution in [0.2, 0.25) is 0 Å². The molecule has 0 atom stereocenters. The molecule has 1 aliphatic rings. The smallest absolute Gasteiger partial charge is 0.262 e. The summed E-state index contributed by atoms with van der Waals surface area (Å²) in [6.45, 7) is 5.22. The number of hydrogen-bond donors (Lipinski definition) is 1. The number of carbonyl (C=O) groups is 1. The van der Waals surface area contributed by atoms with Gasteiger partial charge in [0, 0.05) is 18.8 Å². The Morgan fingerprint density at radius 2 is 1.57 bits per heavy atom. The number of ether oxygens (including phenoxy) is 1. The van der Waals surface area contributed by atoms with Gasteiger partial charge >= 0.3 is 0 Å². The number of sulfonamides is 1. The summed E-state index contributed by atoms with van der Waals surface area (Å²) in [4.78, 5) is 12.4. The van der Waals surface area contributed by atoms with Gasteiger partial charge in [-0.25, -0.2) is 8.42 Å². The average molecular weight is 431 g/mol. The van der Waals surface area contributed by atoms with Crippen LogP contribution in [-0.2, 0) is 14.8 Å². The highest BCUT2D eigenvalue weighted by atomic mass is 32.2. The molecule has 1 fully saturated rings. The highest BCUT2D eigenvalue weighted by molar-refractivity contribution is 7.89. The lowest BCUT2D eigenvalue weighted by Gasteiger charge is -2.20. The molecule has 2 aromatic rings. The predicted octanol–water partition coefficient (Wildman–Crippen LogP) is 4.39.